The van der Waals surface area contributed by atoms with E-state index >= 15 is 0 Å². The number of likely N-dealkylation sites (tertiary alicyclic amines) is 1. The lowest BCUT2D eigenvalue weighted by atomic mass is 9.53. The van der Waals surface area contributed by atoms with Gasteiger partial charge >= 0.3 is 0 Å². The molecule has 0 spiro atoms. The van der Waals surface area contributed by atoms with Crippen molar-refractivity contribution in [1.29, 1.82) is 0 Å². The molecule has 0 aromatic heterocycles. The van der Waals surface area contributed by atoms with Crippen LogP contribution in [-0.4, -0.2) is 55.1 Å². The normalized spacial score (nSPS) is 37.8. The molecule has 0 radical (unpaired) electrons. The van der Waals surface area contributed by atoms with Gasteiger partial charge in [0, 0.05) is 25.6 Å². The molecule has 2 aliphatic heterocycles. The number of aliphatic hydroxyl groups is 1. The second-order valence-corrected chi connectivity index (χ2v) is 8.59. The first-order valence-corrected chi connectivity index (χ1v) is 9.88. The molecule has 2 saturated heterocycles. The first-order chi connectivity index (χ1) is 12.2. The van der Waals surface area contributed by atoms with E-state index in [9.17, 15) is 5.11 Å². The fourth-order valence-electron chi connectivity index (χ4n) is 5.89. The molecule has 4 heteroatoms. The van der Waals surface area contributed by atoms with Crippen molar-refractivity contribution in [3.8, 4) is 5.75 Å². The number of hydrogen-bond acceptors (Lipinski definition) is 4. The summed E-state index contributed by atoms with van der Waals surface area (Å²) in [5.41, 5.74) is 1.70. The van der Waals surface area contributed by atoms with Gasteiger partial charge in [-0.25, -0.2) is 0 Å². The van der Waals surface area contributed by atoms with E-state index in [1.165, 1.54) is 30.4 Å². The molecule has 2 aliphatic carbocycles. The lowest BCUT2D eigenvalue weighted by molar-refractivity contribution is -0.204. The molecule has 2 heterocycles. The summed E-state index contributed by atoms with van der Waals surface area (Å²) >= 11 is 0. The summed E-state index contributed by atoms with van der Waals surface area (Å²) in [6, 6.07) is 6.67. The highest BCUT2D eigenvalue weighted by Gasteiger charge is 2.64. The van der Waals surface area contributed by atoms with Crippen molar-refractivity contribution in [2.45, 2.75) is 55.6 Å². The lowest BCUT2D eigenvalue weighted by Crippen LogP contribution is -2.74. The predicted molar refractivity (Wildman–Crippen MR) is 96.1 cm³/mol. The second kappa shape index (κ2) is 5.70. The number of fused-ring (bicyclic) bond motifs is 1. The fourth-order valence-corrected chi connectivity index (χ4v) is 5.89. The van der Waals surface area contributed by atoms with E-state index < -0.39 is 5.60 Å². The summed E-state index contributed by atoms with van der Waals surface area (Å²) in [4.78, 5) is 2.61. The summed E-state index contributed by atoms with van der Waals surface area (Å²) in [6.07, 6.45) is 6.79. The van der Waals surface area contributed by atoms with Crippen molar-refractivity contribution >= 4 is 0 Å². The highest BCUT2D eigenvalue weighted by molar-refractivity contribution is 5.48. The molecule has 136 valence electrons. The number of benzene rings is 1. The van der Waals surface area contributed by atoms with Crippen LogP contribution < -0.4 is 4.74 Å². The van der Waals surface area contributed by atoms with E-state index in [4.69, 9.17) is 9.47 Å². The van der Waals surface area contributed by atoms with E-state index in [2.05, 4.69) is 23.1 Å². The molecule has 1 N–H and O–H groups in total. The molecule has 1 aromatic carbocycles. The summed E-state index contributed by atoms with van der Waals surface area (Å²) < 4.78 is 11.4. The van der Waals surface area contributed by atoms with Crippen LogP contribution in [0.3, 0.4) is 0 Å². The van der Waals surface area contributed by atoms with E-state index in [1.807, 2.05) is 0 Å². The van der Waals surface area contributed by atoms with Gasteiger partial charge in [-0.15, -0.1) is 0 Å². The number of piperidine rings is 1. The number of nitrogens with zero attached hydrogens (tertiary/aromatic N) is 1. The third-order valence-electron chi connectivity index (χ3n) is 7.59. The quantitative estimate of drug-likeness (QED) is 0.916. The van der Waals surface area contributed by atoms with Crippen LogP contribution in [0.5, 0.6) is 5.75 Å². The monoisotopic (exact) mass is 343 g/mol. The zero-order valence-electron chi connectivity index (χ0n) is 15.2. The number of ether oxygens (including phenoxy) is 2. The Labute approximate surface area is 150 Å². The average Bonchev–Trinajstić information content (AvgIpc) is 2.59. The molecule has 0 amide bonds. The van der Waals surface area contributed by atoms with Crippen molar-refractivity contribution in [3.63, 3.8) is 0 Å². The Hall–Kier alpha value is -1.10. The summed E-state index contributed by atoms with van der Waals surface area (Å²) in [7, 11) is 1.72. The van der Waals surface area contributed by atoms with Crippen LogP contribution in [-0.2, 0) is 16.6 Å². The van der Waals surface area contributed by atoms with Gasteiger partial charge < -0.3 is 14.6 Å². The zero-order valence-corrected chi connectivity index (χ0v) is 15.2. The molecule has 5 rings (SSSR count). The smallest absolute Gasteiger partial charge is 0.119 e. The second-order valence-electron chi connectivity index (χ2n) is 8.59. The molecule has 25 heavy (non-hydrogen) atoms. The molecule has 4 aliphatic rings. The third-order valence-corrected chi connectivity index (χ3v) is 7.59. The molecule has 3 fully saturated rings. The Morgan fingerprint density at radius 3 is 2.96 bits per heavy atom. The SMILES string of the molecule is COc1ccc2c(c1)[C@]13CCN(CC4CCC4)[C@H](C2)[C@]1(O)CCOC3. The maximum absolute atomic E-state index is 12.0. The maximum Gasteiger partial charge on any atom is 0.119 e. The summed E-state index contributed by atoms with van der Waals surface area (Å²) in [5, 5.41) is 12.0. The van der Waals surface area contributed by atoms with Gasteiger partial charge in [0.05, 0.1) is 24.7 Å². The van der Waals surface area contributed by atoms with E-state index in [0.717, 1.165) is 44.0 Å². The molecule has 2 bridgehead atoms. The number of hydrogen-bond donors (Lipinski definition) is 1. The van der Waals surface area contributed by atoms with Crippen molar-refractivity contribution in [2.75, 3.05) is 33.4 Å². The average molecular weight is 343 g/mol. The Morgan fingerprint density at radius 1 is 1.32 bits per heavy atom. The molecule has 0 unspecified atom stereocenters. The molecule has 1 saturated carbocycles. The minimum absolute atomic E-state index is 0.228. The van der Waals surface area contributed by atoms with Gasteiger partial charge in [-0.2, -0.15) is 0 Å². The number of methoxy groups -OCH3 is 1. The molecule has 4 nitrogen and oxygen atoms in total. The Balaban J connectivity index is 1.58. The highest BCUT2D eigenvalue weighted by atomic mass is 16.5. The first kappa shape index (κ1) is 16.1. The standard InChI is InChI=1S/C21H29NO3/c1-24-17-6-5-16-11-19-21(23)8-10-25-14-20(21,18(16)12-17)7-9-22(19)13-15-3-2-4-15/h5-6,12,15,19,23H,2-4,7-11,13-14H2,1H3/t19-,20-,21-/m1/s1. The van der Waals surface area contributed by atoms with Crippen LogP contribution in [0.4, 0.5) is 0 Å². The molecular formula is C21H29NO3. The molecular weight excluding hydrogens is 314 g/mol. The summed E-state index contributed by atoms with van der Waals surface area (Å²) in [6.45, 7) is 3.54. The molecule has 1 aromatic rings. The highest BCUT2D eigenvalue weighted by Crippen LogP contribution is 2.55. The first-order valence-electron chi connectivity index (χ1n) is 9.88. The van der Waals surface area contributed by atoms with Gasteiger partial charge in [0.2, 0.25) is 0 Å². The van der Waals surface area contributed by atoms with E-state index in [1.54, 1.807) is 7.11 Å². The van der Waals surface area contributed by atoms with E-state index in [0.29, 0.717) is 13.2 Å². The van der Waals surface area contributed by atoms with Gasteiger partial charge in [0.15, 0.2) is 0 Å². The van der Waals surface area contributed by atoms with Crippen molar-refractivity contribution < 1.29 is 14.6 Å². The van der Waals surface area contributed by atoms with Gasteiger partial charge in [-0.3, -0.25) is 4.90 Å². The topological polar surface area (TPSA) is 41.9 Å². The van der Waals surface area contributed by atoms with Crippen LogP contribution in [0.2, 0.25) is 0 Å². The van der Waals surface area contributed by atoms with Crippen molar-refractivity contribution in [1.82, 2.24) is 4.90 Å². The molecule has 3 atom stereocenters. The maximum atomic E-state index is 12.0. The van der Waals surface area contributed by atoms with Gasteiger partial charge in [-0.1, -0.05) is 12.5 Å². The number of rotatable bonds is 3. The minimum atomic E-state index is -0.674. The Bertz CT molecular complexity index is 673. The van der Waals surface area contributed by atoms with Crippen LogP contribution in [0.1, 0.15) is 43.2 Å². The zero-order chi connectivity index (χ0) is 17.1. The van der Waals surface area contributed by atoms with Crippen LogP contribution in [0, 0.1) is 5.92 Å². The van der Waals surface area contributed by atoms with Gasteiger partial charge in [-0.05, 0) is 61.4 Å². The van der Waals surface area contributed by atoms with E-state index in [-0.39, 0.29) is 11.5 Å². The minimum Gasteiger partial charge on any atom is -0.497 e. The van der Waals surface area contributed by atoms with Gasteiger partial charge in [0.1, 0.15) is 5.75 Å². The predicted octanol–water partition coefficient (Wildman–Crippen LogP) is 2.51. The fraction of sp³-hybridized carbons (Fsp3) is 0.714. The lowest BCUT2D eigenvalue weighted by Gasteiger charge is -2.63. The van der Waals surface area contributed by atoms with Crippen molar-refractivity contribution in [3.05, 3.63) is 29.3 Å². The third kappa shape index (κ3) is 2.17. The van der Waals surface area contributed by atoms with Crippen LogP contribution in [0.25, 0.3) is 0 Å². The Kier molecular flexibility index (Phi) is 3.67. The van der Waals surface area contributed by atoms with Crippen molar-refractivity contribution in [2.24, 2.45) is 5.92 Å². The largest absolute Gasteiger partial charge is 0.497 e. The Morgan fingerprint density at radius 2 is 2.20 bits per heavy atom. The van der Waals surface area contributed by atoms with Crippen LogP contribution >= 0.6 is 0 Å². The van der Waals surface area contributed by atoms with Crippen LogP contribution in [0.15, 0.2) is 18.2 Å². The summed E-state index contributed by atoms with van der Waals surface area (Å²) in [5.74, 6) is 1.73. The van der Waals surface area contributed by atoms with Gasteiger partial charge in [0.25, 0.3) is 0 Å².